The number of carbonyl (C=O) groups excluding carboxylic acids is 2. The molecule has 0 spiro atoms. The van der Waals surface area contributed by atoms with Crippen LogP contribution in [0.1, 0.15) is 130 Å². The van der Waals surface area contributed by atoms with Crippen LogP contribution < -0.4 is 10.1 Å². The fourth-order valence-electron chi connectivity index (χ4n) is 5.11. The molecule has 0 heterocycles. The largest absolute Gasteiger partial charge is 0.500 e. The van der Waals surface area contributed by atoms with E-state index in [1.807, 2.05) is 45.0 Å². The predicted octanol–water partition coefficient (Wildman–Crippen LogP) is 9.27. The van der Waals surface area contributed by atoms with Gasteiger partial charge in [0.25, 0.3) is 0 Å². The Morgan fingerprint density at radius 3 is 1.70 bits per heavy atom. The van der Waals surface area contributed by atoms with Gasteiger partial charge in [0.15, 0.2) is 0 Å². The van der Waals surface area contributed by atoms with Crippen LogP contribution in [0.4, 0.5) is 4.79 Å². The Hall–Kier alpha value is -2.40. The van der Waals surface area contributed by atoms with Crippen LogP contribution >= 0.6 is 0 Å². The Balaban J connectivity index is 2.04. The number of hydrogen-bond acceptors (Lipinski definition) is 8. The number of benzene rings is 1. The van der Waals surface area contributed by atoms with Crippen molar-refractivity contribution in [1.29, 1.82) is 0 Å². The van der Waals surface area contributed by atoms with Gasteiger partial charge in [0.05, 0.1) is 19.8 Å². The quantitative estimate of drug-likeness (QED) is 0.0359. The van der Waals surface area contributed by atoms with Crippen molar-refractivity contribution in [3.05, 3.63) is 35.9 Å². The maximum atomic E-state index is 12.1. The van der Waals surface area contributed by atoms with Crippen molar-refractivity contribution in [2.24, 2.45) is 0 Å². The van der Waals surface area contributed by atoms with Crippen molar-refractivity contribution in [2.45, 2.75) is 130 Å². The van der Waals surface area contributed by atoms with Crippen LogP contribution in [0.5, 0.6) is 5.75 Å². The normalized spacial score (nSPS) is 11.6. The van der Waals surface area contributed by atoms with Crippen molar-refractivity contribution in [3.63, 3.8) is 0 Å². The SMILES string of the molecule is CCCCCCCCCCCCOc1ccc(/C=C/C(=O)OCCCCCCOC(=O)NCCC[Si](OCC)(OCC)OCC)cc1. The molecule has 0 saturated heterocycles. The molecular formula is C37H65NO8Si. The number of unbranched alkanes of at least 4 members (excludes halogenated alkanes) is 12. The summed E-state index contributed by atoms with van der Waals surface area (Å²) in [5.74, 6) is 0.503. The molecule has 0 radical (unpaired) electrons. The highest BCUT2D eigenvalue weighted by atomic mass is 28.4. The monoisotopic (exact) mass is 679 g/mol. The van der Waals surface area contributed by atoms with Crippen LogP contribution in [0.3, 0.4) is 0 Å². The third-order valence-corrected chi connectivity index (χ3v) is 10.7. The zero-order valence-electron chi connectivity index (χ0n) is 30.0. The molecule has 0 aliphatic rings. The molecule has 0 aliphatic heterocycles. The third-order valence-electron chi connectivity index (χ3n) is 7.60. The number of hydrogen-bond donors (Lipinski definition) is 1. The van der Waals surface area contributed by atoms with E-state index in [0.717, 1.165) is 50.0 Å². The molecule has 10 heteroatoms. The third kappa shape index (κ3) is 23.6. The standard InChI is InChI=1S/C37H65NO8Si/c1-5-9-10-11-12-13-14-15-16-19-30-41-35-26-23-34(24-27-35)25-28-36(39)42-31-20-17-18-21-32-43-37(40)38-29-22-33-47(44-6-2,45-7-3)46-8-4/h23-28H,5-22,29-33H2,1-4H3,(H,38,40)/b28-25+. The first kappa shape index (κ1) is 42.6. The first-order valence-electron chi connectivity index (χ1n) is 18.4. The number of carbonyl (C=O) groups is 2. The first-order valence-corrected chi connectivity index (χ1v) is 20.3. The van der Waals surface area contributed by atoms with E-state index in [1.54, 1.807) is 6.08 Å². The smallest absolute Gasteiger partial charge is 0.494 e. The molecule has 0 saturated carbocycles. The first-order chi connectivity index (χ1) is 23.0. The number of alkyl carbamates (subject to hydrolysis) is 1. The highest BCUT2D eigenvalue weighted by Gasteiger charge is 2.39. The van der Waals surface area contributed by atoms with Gasteiger partial charge in [-0.25, -0.2) is 9.59 Å². The van der Waals surface area contributed by atoms with Gasteiger partial charge in [-0.15, -0.1) is 0 Å². The van der Waals surface area contributed by atoms with Crippen molar-refractivity contribution in [1.82, 2.24) is 5.32 Å². The van der Waals surface area contributed by atoms with Crippen molar-refractivity contribution < 1.29 is 37.1 Å². The molecule has 1 N–H and O–H groups in total. The Bertz CT molecular complexity index is 910. The Labute approximate surface area is 286 Å². The summed E-state index contributed by atoms with van der Waals surface area (Å²) in [4.78, 5) is 24.0. The van der Waals surface area contributed by atoms with Gasteiger partial charge in [-0.05, 0) is 83.1 Å². The summed E-state index contributed by atoms with van der Waals surface area (Å²) in [6.07, 6.45) is 19.9. The maximum Gasteiger partial charge on any atom is 0.500 e. The Morgan fingerprint density at radius 2 is 1.15 bits per heavy atom. The molecule has 1 aromatic carbocycles. The van der Waals surface area contributed by atoms with Gasteiger partial charge in [0.1, 0.15) is 5.75 Å². The molecule has 0 unspecified atom stereocenters. The molecule has 270 valence electrons. The molecule has 0 atom stereocenters. The van der Waals surface area contributed by atoms with E-state index in [1.165, 1.54) is 63.9 Å². The van der Waals surface area contributed by atoms with E-state index >= 15 is 0 Å². The van der Waals surface area contributed by atoms with Gasteiger partial charge < -0.3 is 32.8 Å². The molecule has 1 amide bonds. The number of rotatable bonds is 31. The molecule has 0 bridgehead atoms. The summed E-state index contributed by atoms with van der Waals surface area (Å²) in [6, 6.07) is 8.41. The summed E-state index contributed by atoms with van der Waals surface area (Å²) < 4.78 is 33.9. The van der Waals surface area contributed by atoms with Gasteiger partial charge in [-0.1, -0.05) is 76.8 Å². The molecule has 0 aromatic heterocycles. The lowest BCUT2D eigenvalue weighted by Gasteiger charge is -2.28. The van der Waals surface area contributed by atoms with Gasteiger partial charge in [0, 0.05) is 38.5 Å². The van der Waals surface area contributed by atoms with E-state index in [4.69, 9.17) is 27.5 Å². The van der Waals surface area contributed by atoms with Gasteiger partial charge >= 0.3 is 20.9 Å². The highest BCUT2D eigenvalue weighted by molar-refractivity contribution is 6.60. The highest BCUT2D eigenvalue weighted by Crippen LogP contribution is 2.18. The minimum Gasteiger partial charge on any atom is -0.494 e. The van der Waals surface area contributed by atoms with Crippen LogP contribution in [0.25, 0.3) is 6.08 Å². The lowest BCUT2D eigenvalue weighted by molar-refractivity contribution is -0.137. The van der Waals surface area contributed by atoms with Crippen LogP contribution in [-0.4, -0.2) is 67.1 Å². The number of esters is 1. The van der Waals surface area contributed by atoms with Crippen LogP contribution in [0, 0.1) is 0 Å². The maximum absolute atomic E-state index is 12.1. The minimum atomic E-state index is -2.69. The zero-order chi connectivity index (χ0) is 34.3. The van der Waals surface area contributed by atoms with Gasteiger partial charge in [-0.2, -0.15) is 0 Å². The average molecular weight is 680 g/mol. The van der Waals surface area contributed by atoms with Gasteiger partial charge in [0.2, 0.25) is 0 Å². The number of amides is 1. The predicted molar refractivity (Wildman–Crippen MR) is 192 cm³/mol. The summed E-state index contributed by atoms with van der Waals surface area (Å²) in [7, 11) is -2.69. The van der Waals surface area contributed by atoms with Gasteiger partial charge in [-0.3, -0.25) is 0 Å². The molecular weight excluding hydrogens is 614 g/mol. The van der Waals surface area contributed by atoms with Crippen molar-refractivity contribution >= 4 is 26.9 Å². The summed E-state index contributed by atoms with van der Waals surface area (Å²) in [6.45, 7) is 11.6. The number of nitrogens with one attached hydrogen (secondary N) is 1. The fourth-order valence-corrected chi connectivity index (χ4v) is 7.72. The second kappa shape index (κ2) is 29.7. The van der Waals surface area contributed by atoms with Crippen molar-refractivity contribution in [3.8, 4) is 5.75 Å². The average Bonchev–Trinajstić information content (AvgIpc) is 3.06. The second-order valence-corrected chi connectivity index (χ2v) is 14.4. The summed E-state index contributed by atoms with van der Waals surface area (Å²) in [5.41, 5.74) is 0.925. The van der Waals surface area contributed by atoms with E-state index in [0.29, 0.717) is 52.0 Å². The molecule has 0 aliphatic carbocycles. The van der Waals surface area contributed by atoms with Crippen LogP contribution in [0.2, 0.25) is 6.04 Å². The molecule has 0 fully saturated rings. The second-order valence-electron chi connectivity index (χ2n) is 11.7. The van der Waals surface area contributed by atoms with Crippen molar-refractivity contribution in [2.75, 3.05) is 46.2 Å². The van der Waals surface area contributed by atoms with E-state index in [-0.39, 0.29) is 5.97 Å². The molecule has 1 rings (SSSR count). The fraction of sp³-hybridized carbons (Fsp3) is 0.730. The lowest BCUT2D eigenvalue weighted by Crippen LogP contribution is -2.46. The summed E-state index contributed by atoms with van der Waals surface area (Å²) in [5, 5.41) is 2.78. The molecule has 1 aromatic rings. The molecule has 47 heavy (non-hydrogen) atoms. The Morgan fingerprint density at radius 1 is 0.638 bits per heavy atom. The van der Waals surface area contributed by atoms with Crippen LogP contribution in [0.15, 0.2) is 30.3 Å². The minimum absolute atomic E-state index is 0.352. The molecule has 9 nitrogen and oxygen atoms in total. The lowest BCUT2D eigenvalue weighted by atomic mass is 10.1. The van der Waals surface area contributed by atoms with Crippen LogP contribution in [-0.2, 0) is 27.5 Å². The summed E-state index contributed by atoms with van der Waals surface area (Å²) >= 11 is 0. The van der Waals surface area contributed by atoms with E-state index in [9.17, 15) is 9.59 Å². The van der Waals surface area contributed by atoms with E-state index in [2.05, 4.69) is 12.2 Å². The number of ether oxygens (including phenoxy) is 3. The topological polar surface area (TPSA) is 102 Å². The zero-order valence-corrected chi connectivity index (χ0v) is 31.0. The van der Waals surface area contributed by atoms with E-state index < -0.39 is 14.9 Å². The Kier molecular flexibility index (Phi) is 26.9.